The van der Waals surface area contributed by atoms with Gasteiger partial charge in [0.15, 0.2) is 17.4 Å². The van der Waals surface area contributed by atoms with Gasteiger partial charge in [0, 0.05) is 6.42 Å². The van der Waals surface area contributed by atoms with Crippen molar-refractivity contribution in [2.45, 2.75) is 75.2 Å². The van der Waals surface area contributed by atoms with E-state index in [1.807, 2.05) is 18.2 Å². The molecular formula is C27H35N6O8P. The first-order valence-corrected chi connectivity index (χ1v) is 15.2. The lowest BCUT2D eigenvalue weighted by molar-refractivity contribution is -0.225. The Hall–Kier alpha value is -3.13. The number of ether oxygens (including phenoxy) is 4. The number of hydrogen-bond acceptors (Lipinski definition) is 13. The summed E-state index contributed by atoms with van der Waals surface area (Å²) in [7, 11) is -0.362. The molecule has 1 aliphatic carbocycles. The van der Waals surface area contributed by atoms with Gasteiger partial charge in [-0.2, -0.15) is 9.97 Å². The van der Waals surface area contributed by atoms with E-state index >= 15 is 0 Å². The second-order valence-electron chi connectivity index (χ2n) is 10.6. The van der Waals surface area contributed by atoms with E-state index in [0.29, 0.717) is 29.9 Å². The van der Waals surface area contributed by atoms with Crippen LogP contribution < -0.4 is 20.1 Å². The highest BCUT2D eigenvalue weighted by Crippen LogP contribution is 2.50. The predicted octanol–water partition coefficient (Wildman–Crippen LogP) is 2.62. The van der Waals surface area contributed by atoms with Gasteiger partial charge in [0.1, 0.15) is 35.7 Å². The second kappa shape index (κ2) is 12.2. The van der Waals surface area contributed by atoms with Gasteiger partial charge < -0.3 is 38.8 Å². The average Bonchev–Trinajstić information content (AvgIpc) is 3.69. The summed E-state index contributed by atoms with van der Waals surface area (Å²) in [5.41, 5.74) is 5.66. The number of nitrogen functional groups attached to an aromatic ring is 1. The van der Waals surface area contributed by atoms with Crippen molar-refractivity contribution in [2.24, 2.45) is 0 Å². The fourth-order valence-corrected chi connectivity index (χ4v) is 6.72. The molecule has 0 bridgehead atoms. The number of aliphatic hydroxyl groups excluding tert-OH is 1. The molecular weight excluding hydrogens is 567 g/mol. The molecule has 3 unspecified atom stereocenters. The fourth-order valence-electron chi connectivity index (χ4n) is 5.53. The van der Waals surface area contributed by atoms with Crippen LogP contribution in [0, 0.1) is 0 Å². The van der Waals surface area contributed by atoms with Crippen molar-refractivity contribution in [3.8, 4) is 11.6 Å². The Labute approximate surface area is 243 Å². The number of carbonyl (C=O) groups is 1. The van der Waals surface area contributed by atoms with Crippen molar-refractivity contribution in [1.29, 1.82) is 0 Å². The lowest BCUT2D eigenvalue weighted by atomic mass is 9.86. The molecule has 0 amide bonds. The summed E-state index contributed by atoms with van der Waals surface area (Å²) in [6.45, 7) is 2.12. The molecule has 3 fully saturated rings. The van der Waals surface area contributed by atoms with Gasteiger partial charge in [-0.1, -0.05) is 18.2 Å². The number of para-hydroxylation sites is 1. The van der Waals surface area contributed by atoms with Gasteiger partial charge in [0.05, 0.1) is 26.7 Å². The van der Waals surface area contributed by atoms with Gasteiger partial charge in [-0.3, -0.25) is 9.36 Å². The number of methoxy groups -OCH3 is 1. The van der Waals surface area contributed by atoms with Crippen molar-refractivity contribution >= 4 is 31.6 Å². The SMILES string of the molecule is COc1nc(N)nc2c1ncn2C1OC(COP(N[C@@H](C)C(=O)OC2CCCC2)Oc2ccccc2)[C@@H](O)[C@]12CCO2. The molecule has 1 spiro atoms. The van der Waals surface area contributed by atoms with Gasteiger partial charge in [-0.25, -0.2) is 10.1 Å². The first-order chi connectivity index (χ1) is 20.4. The number of aromatic nitrogens is 4. The minimum absolute atomic E-state index is 0.0125. The average molecular weight is 603 g/mol. The Balaban J connectivity index is 1.18. The Morgan fingerprint density at radius 1 is 1.29 bits per heavy atom. The molecule has 6 rings (SSSR count). The Kier molecular flexibility index (Phi) is 8.44. The van der Waals surface area contributed by atoms with E-state index < -0.39 is 38.6 Å². The van der Waals surface area contributed by atoms with Crippen LogP contribution in [0.4, 0.5) is 5.95 Å². The summed E-state index contributed by atoms with van der Waals surface area (Å²) >= 11 is 0. The molecule has 2 aliphatic heterocycles. The summed E-state index contributed by atoms with van der Waals surface area (Å²) in [5.74, 6) is 0.442. The number of nitrogens with zero attached hydrogens (tertiary/aromatic N) is 4. The number of nitrogens with one attached hydrogen (secondary N) is 1. The quantitative estimate of drug-likeness (QED) is 0.216. The van der Waals surface area contributed by atoms with Crippen LogP contribution in [0.2, 0.25) is 0 Å². The van der Waals surface area contributed by atoms with Gasteiger partial charge in [0.25, 0.3) is 0 Å². The molecule has 4 heterocycles. The van der Waals surface area contributed by atoms with Crippen LogP contribution in [-0.2, 0) is 23.5 Å². The minimum Gasteiger partial charge on any atom is -0.479 e. The third-order valence-corrected chi connectivity index (χ3v) is 9.17. The molecule has 3 aromatic rings. The summed E-state index contributed by atoms with van der Waals surface area (Å²) in [6.07, 6.45) is 3.31. The number of imidazole rings is 1. The molecule has 1 saturated carbocycles. The first kappa shape index (κ1) is 29.0. The van der Waals surface area contributed by atoms with Crippen molar-refractivity contribution in [3.05, 3.63) is 36.7 Å². The minimum atomic E-state index is -1.83. The zero-order chi connectivity index (χ0) is 29.3. The number of aliphatic hydroxyl groups is 1. The Morgan fingerprint density at radius 2 is 2.05 bits per heavy atom. The summed E-state index contributed by atoms with van der Waals surface area (Å²) < 4.78 is 37.2. The van der Waals surface area contributed by atoms with Gasteiger partial charge in [-0.05, 0) is 44.7 Å². The Morgan fingerprint density at radius 3 is 2.74 bits per heavy atom. The number of anilines is 1. The molecule has 15 heteroatoms. The topological polar surface area (TPSA) is 174 Å². The number of nitrogens with two attached hydrogens (primary N) is 1. The van der Waals surface area contributed by atoms with Crippen LogP contribution in [0.5, 0.6) is 11.6 Å². The highest BCUT2D eigenvalue weighted by Gasteiger charge is 2.62. The maximum atomic E-state index is 12.8. The van der Waals surface area contributed by atoms with E-state index in [9.17, 15) is 9.90 Å². The molecule has 0 radical (unpaired) electrons. The van der Waals surface area contributed by atoms with E-state index in [2.05, 4.69) is 20.0 Å². The van der Waals surface area contributed by atoms with Crippen molar-refractivity contribution in [2.75, 3.05) is 26.1 Å². The van der Waals surface area contributed by atoms with E-state index in [1.54, 1.807) is 23.6 Å². The number of esters is 1. The molecule has 2 saturated heterocycles. The first-order valence-electron chi connectivity index (χ1n) is 14.0. The molecule has 6 atom stereocenters. The number of hydrogen-bond donors (Lipinski definition) is 3. The maximum absolute atomic E-state index is 12.8. The zero-order valence-corrected chi connectivity index (χ0v) is 24.3. The number of carbonyl (C=O) groups excluding carboxylic acids is 1. The smallest absolute Gasteiger partial charge is 0.323 e. The van der Waals surface area contributed by atoms with Crippen LogP contribution in [0.15, 0.2) is 36.7 Å². The molecule has 4 N–H and O–H groups in total. The molecule has 1 aromatic carbocycles. The molecule has 226 valence electrons. The van der Waals surface area contributed by atoms with E-state index in [4.69, 9.17) is 33.7 Å². The standard InChI is InChI=1S/C27H35N6O8P/c1-16(24(35)39-17-8-6-7-9-17)32-42(41-18-10-4-3-5-11-18)38-14-19-21(34)27(12-13-37-27)25(40-19)33-15-29-20-22(33)30-26(28)31-23(20)36-2/h3-5,10-11,15-17,19,21,25,32,34H,6-9,12-14H2,1-2H3,(H2,28,30,31)/t16-,19?,21+,25?,27+,42?/m0/s1. The highest BCUT2D eigenvalue weighted by molar-refractivity contribution is 7.45. The van der Waals surface area contributed by atoms with Gasteiger partial charge in [0.2, 0.25) is 11.8 Å². The van der Waals surface area contributed by atoms with Crippen molar-refractivity contribution in [3.63, 3.8) is 0 Å². The van der Waals surface area contributed by atoms with E-state index in [1.165, 1.54) is 13.4 Å². The summed E-state index contributed by atoms with van der Waals surface area (Å²) in [6, 6.07) is 8.46. The lowest BCUT2D eigenvalue weighted by Crippen LogP contribution is -2.56. The molecule has 14 nitrogen and oxygen atoms in total. The third-order valence-electron chi connectivity index (χ3n) is 7.82. The summed E-state index contributed by atoms with van der Waals surface area (Å²) in [5, 5.41) is 14.5. The Bertz CT molecular complexity index is 1390. The molecule has 42 heavy (non-hydrogen) atoms. The molecule has 2 aromatic heterocycles. The monoisotopic (exact) mass is 602 g/mol. The van der Waals surface area contributed by atoms with E-state index in [0.717, 1.165) is 25.7 Å². The number of rotatable bonds is 11. The van der Waals surface area contributed by atoms with Gasteiger partial charge >= 0.3 is 14.5 Å². The van der Waals surface area contributed by atoms with Gasteiger partial charge in [-0.15, -0.1) is 0 Å². The van der Waals surface area contributed by atoms with Crippen LogP contribution in [0.3, 0.4) is 0 Å². The van der Waals surface area contributed by atoms with Crippen LogP contribution in [-0.4, -0.2) is 80.9 Å². The van der Waals surface area contributed by atoms with Crippen LogP contribution in [0.1, 0.15) is 45.3 Å². The third kappa shape index (κ3) is 5.62. The number of fused-ring (bicyclic) bond motifs is 1. The highest BCUT2D eigenvalue weighted by atomic mass is 31.2. The van der Waals surface area contributed by atoms with E-state index in [-0.39, 0.29) is 30.5 Å². The van der Waals surface area contributed by atoms with Crippen molar-refractivity contribution < 1.29 is 37.9 Å². The second-order valence-corrected chi connectivity index (χ2v) is 11.8. The largest absolute Gasteiger partial charge is 0.479 e. The summed E-state index contributed by atoms with van der Waals surface area (Å²) in [4.78, 5) is 25.6. The zero-order valence-electron chi connectivity index (χ0n) is 23.4. The maximum Gasteiger partial charge on any atom is 0.323 e. The van der Waals surface area contributed by atoms with Crippen molar-refractivity contribution in [1.82, 2.24) is 24.6 Å². The predicted molar refractivity (Wildman–Crippen MR) is 150 cm³/mol. The normalized spacial score (nSPS) is 27.2. The number of benzene rings is 1. The molecule has 3 aliphatic rings. The van der Waals surface area contributed by atoms with Crippen LogP contribution in [0.25, 0.3) is 11.2 Å². The van der Waals surface area contributed by atoms with Crippen LogP contribution >= 0.6 is 8.53 Å². The fraction of sp³-hybridized carbons (Fsp3) is 0.556. The lowest BCUT2D eigenvalue weighted by Gasteiger charge is -2.44.